The Balaban J connectivity index is 3.83. The highest BCUT2D eigenvalue weighted by molar-refractivity contribution is 7.85. The van der Waals surface area contributed by atoms with Crippen LogP contribution in [0.5, 0.6) is 0 Å². The smallest absolute Gasteiger partial charge is 0.136 e. The molecule has 66 valence electrons. The molecule has 0 rings (SSSR count). The zero-order valence-corrected chi connectivity index (χ0v) is 7.35. The van der Waals surface area contributed by atoms with Crippen molar-refractivity contribution in [3.8, 4) is 0 Å². The minimum absolute atomic E-state index is 0.163. The van der Waals surface area contributed by atoms with Crippen LogP contribution in [-0.2, 0) is 14.9 Å². The van der Waals surface area contributed by atoms with E-state index in [-0.39, 0.29) is 18.1 Å². The van der Waals surface area contributed by atoms with Crippen LogP contribution >= 0.6 is 0 Å². The molecule has 0 N–H and O–H groups in total. The summed E-state index contributed by atoms with van der Waals surface area (Å²) in [6, 6.07) is 0. The summed E-state index contributed by atoms with van der Waals surface area (Å²) >= 11 is 0. The van der Waals surface area contributed by atoms with E-state index in [1.807, 2.05) is 0 Å². The van der Waals surface area contributed by atoms with Crippen molar-refractivity contribution in [2.45, 2.75) is 20.3 Å². The Labute approximate surface area is 66.4 Å². The number of ketones is 1. The molecule has 0 saturated carbocycles. The summed E-state index contributed by atoms with van der Waals surface area (Å²) in [5, 5.41) is 0. The predicted octanol–water partition coefficient (Wildman–Crippen LogP) is 0.147. The lowest BCUT2D eigenvalue weighted by Crippen LogP contribution is -2.13. The summed E-state index contributed by atoms with van der Waals surface area (Å²) in [5.74, 6) is -0.967. The molecule has 4 nitrogen and oxygen atoms in total. The van der Waals surface area contributed by atoms with Gasteiger partial charge in [-0.2, -0.15) is 0 Å². The molecule has 0 unspecified atom stereocenters. The van der Waals surface area contributed by atoms with Gasteiger partial charge in [-0.15, -0.1) is 0 Å². The van der Waals surface area contributed by atoms with E-state index < -0.39 is 15.9 Å². The molecule has 0 spiro atoms. The van der Waals surface area contributed by atoms with E-state index in [4.69, 9.17) is 0 Å². The van der Waals surface area contributed by atoms with Crippen LogP contribution in [-0.4, -0.2) is 24.5 Å². The van der Waals surface area contributed by atoms with Crippen LogP contribution < -0.4 is 0 Å². The van der Waals surface area contributed by atoms with Crippen molar-refractivity contribution in [1.29, 1.82) is 0 Å². The molecule has 11 heavy (non-hydrogen) atoms. The average Bonchev–Trinajstić information content (AvgIpc) is 1.80. The molecule has 0 aromatic carbocycles. The van der Waals surface area contributed by atoms with E-state index in [0.29, 0.717) is 0 Å². The molecule has 0 aliphatic carbocycles. The van der Waals surface area contributed by atoms with Crippen LogP contribution in [0.15, 0.2) is 0 Å². The molecule has 0 aromatic rings. The van der Waals surface area contributed by atoms with Crippen molar-refractivity contribution in [3.05, 3.63) is 0 Å². The molecule has 0 amide bonds. The lowest BCUT2D eigenvalue weighted by atomic mass is 10.1. The fourth-order valence-corrected chi connectivity index (χ4v) is 0.965. The zero-order chi connectivity index (χ0) is 9.07. The minimum Gasteiger partial charge on any atom is -0.748 e. The van der Waals surface area contributed by atoms with Crippen LogP contribution in [0.2, 0.25) is 0 Å². The summed E-state index contributed by atoms with van der Waals surface area (Å²) in [7, 11) is -4.22. The second-order valence-electron chi connectivity index (χ2n) is 2.63. The molecule has 0 atom stereocenters. The maximum atomic E-state index is 10.8. The molecule has 5 heteroatoms. The van der Waals surface area contributed by atoms with E-state index in [1.54, 1.807) is 13.8 Å². The second kappa shape index (κ2) is 3.82. The topological polar surface area (TPSA) is 74.3 Å². The third-order valence-corrected chi connectivity index (χ3v) is 1.95. The quantitative estimate of drug-likeness (QED) is 0.575. The molecule has 0 heterocycles. The predicted molar refractivity (Wildman–Crippen MR) is 39.0 cm³/mol. The number of Topliss-reactive ketones (excluding diaryl/α,β-unsaturated/α-hetero) is 1. The number of rotatable bonds is 4. The summed E-state index contributed by atoms with van der Waals surface area (Å²) in [4.78, 5) is 10.8. The van der Waals surface area contributed by atoms with E-state index in [0.717, 1.165) is 0 Å². The van der Waals surface area contributed by atoms with Gasteiger partial charge in [0.05, 0.1) is 10.1 Å². The Morgan fingerprint density at radius 2 is 1.91 bits per heavy atom. The SMILES string of the molecule is CC(C)C(=O)CCS(=O)(=O)[O-]. The third-order valence-electron chi connectivity index (χ3n) is 1.24. The van der Waals surface area contributed by atoms with E-state index in [2.05, 4.69) is 0 Å². The monoisotopic (exact) mass is 179 g/mol. The summed E-state index contributed by atoms with van der Waals surface area (Å²) in [6.07, 6.45) is -0.163. The second-order valence-corrected chi connectivity index (χ2v) is 4.16. The van der Waals surface area contributed by atoms with Gasteiger partial charge in [0.2, 0.25) is 0 Å². The van der Waals surface area contributed by atoms with Gasteiger partial charge in [0.15, 0.2) is 0 Å². The molecule has 0 aliphatic rings. The van der Waals surface area contributed by atoms with E-state index in [1.165, 1.54) is 0 Å². The highest BCUT2D eigenvalue weighted by Gasteiger charge is 2.08. The zero-order valence-electron chi connectivity index (χ0n) is 6.53. The Bertz CT molecular complexity index is 227. The van der Waals surface area contributed by atoms with Crippen LogP contribution in [0.3, 0.4) is 0 Å². The molecular formula is C6H11O4S-. The third kappa shape index (κ3) is 6.00. The highest BCUT2D eigenvalue weighted by atomic mass is 32.2. The maximum absolute atomic E-state index is 10.8. The van der Waals surface area contributed by atoms with E-state index >= 15 is 0 Å². The van der Waals surface area contributed by atoms with Gasteiger partial charge < -0.3 is 4.55 Å². The van der Waals surface area contributed by atoms with Crippen LogP contribution in [0.25, 0.3) is 0 Å². The van der Waals surface area contributed by atoms with Gasteiger partial charge in [-0.25, -0.2) is 8.42 Å². The van der Waals surface area contributed by atoms with Crippen LogP contribution in [0.4, 0.5) is 0 Å². The molecule has 0 saturated heterocycles. The van der Waals surface area contributed by atoms with Gasteiger partial charge in [0.1, 0.15) is 5.78 Å². The summed E-state index contributed by atoms with van der Waals surface area (Å²) < 4.78 is 30.2. The van der Waals surface area contributed by atoms with Gasteiger partial charge in [0, 0.05) is 18.1 Å². The number of carbonyl (C=O) groups excluding carboxylic acids is 1. The summed E-state index contributed by atoms with van der Waals surface area (Å²) in [6.45, 7) is 3.33. The maximum Gasteiger partial charge on any atom is 0.136 e. The fraction of sp³-hybridized carbons (Fsp3) is 0.833. The first-order valence-corrected chi connectivity index (χ1v) is 4.87. The van der Waals surface area contributed by atoms with Gasteiger partial charge in [-0.05, 0) is 0 Å². The Morgan fingerprint density at radius 1 is 1.45 bits per heavy atom. The number of hydrogen-bond donors (Lipinski definition) is 0. The highest BCUT2D eigenvalue weighted by Crippen LogP contribution is 1.99. The van der Waals surface area contributed by atoms with Crippen molar-refractivity contribution >= 4 is 15.9 Å². The first kappa shape index (κ1) is 10.6. The lowest BCUT2D eigenvalue weighted by molar-refractivity contribution is -0.121. The van der Waals surface area contributed by atoms with Crippen molar-refractivity contribution in [3.63, 3.8) is 0 Å². The van der Waals surface area contributed by atoms with Gasteiger partial charge in [-0.1, -0.05) is 13.8 Å². The molecule has 0 aliphatic heterocycles. The molecular weight excluding hydrogens is 168 g/mol. The van der Waals surface area contributed by atoms with Crippen molar-refractivity contribution in [2.75, 3.05) is 5.75 Å². The summed E-state index contributed by atoms with van der Waals surface area (Å²) in [5.41, 5.74) is 0. The number of carbonyl (C=O) groups is 1. The minimum atomic E-state index is -4.22. The van der Waals surface area contributed by atoms with Crippen molar-refractivity contribution in [1.82, 2.24) is 0 Å². The standard InChI is InChI=1S/C6H12O4S/c1-5(2)6(7)3-4-11(8,9)10/h5H,3-4H2,1-2H3,(H,8,9,10)/p-1. The Morgan fingerprint density at radius 3 is 2.18 bits per heavy atom. The fourth-order valence-electron chi connectivity index (χ4n) is 0.514. The molecule has 0 fully saturated rings. The number of hydrogen-bond acceptors (Lipinski definition) is 4. The first-order chi connectivity index (χ1) is 4.83. The van der Waals surface area contributed by atoms with Gasteiger partial charge >= 0.3 is 0 Å². The molecule has 0 radical (unpaired) electrons. The largest absolute Gasteiger partial charge is 0.748 e. The van der Waals surface area contributed by atoms with Gasteiger partial charge in [0.25, 0.3) is 0 Å². The average molecular weight is 179 g/mol. The molecule has 0 aromatic heterocycles. The lowest BCUT2D eigenvalue weighted by Gasteiger charge is -2.06. The van der Waals surface area contributed by atoms with Crippen molar-refractivity contribution in [2.24, 2.45) is 5.92 Å². The Hall–Kier alpha value is -0.420. The van der Waals surface area contributed by atoms with Crippen LogP contribution in [0, 0.1) is 5.92 Å². The van der Waals surface area contributed by atoms with Gasteiger partial charge in [-0.3, -0.25) is 4.79 Å². The molecule has 0 bridgehead atoms. The van der Waals surface area contributed by atoms with Crippen molar-refractivity contribution < 1.29 is 17.8 Å². The Kier molecular flexibility index (Phi) is 3.68. The first-order valence-electron chi connectivity index (χ1n) is 3.29. The van der Waals surface area contributed by atoms with Crippen LogP contribution in [0.1, 0.15) is 20.3 Å². The normalized spacial score (nSPS) is 12.0. The van der Waals surface area contributed by atoms with E-state index in [9.17, 15) is 17.8 Å².